The highest BCUT2D eigenvalue weighted by Gasteiger charge is 2.10. The number of halogens is 3. The first-order chi connectivity index (χ1) is 25.4. The zero-order chi connectivity index (χ0) is 37.9. The van der Waals surface area contributed by atoms with Gasteiger partial charge in [0, 0.05) is 24.5 Å². The lowest BCUT2D eigenvalue weighted by Crippen LogP contribution is -2.15. The molecule has 4 heterocycles. The number of carbonyl (C=O) groups excluding carboxylic acids is 2. The van der Waals surface area contributed by atoms with Crippen molar-refractivity contribution in [2.45, 2.75) is 65.5 Å². The lowest BCUT2D eigenvalue weighted by atomic mass is 10.0. The number of hydrogen-bond acceptors (Lipinski definition) is 6. The van der Waals surface area contributed by atoms with Crippen LogP contribution in [0.2, 0.25) is 5.15 Å². The van der Waals surface area contributed by atoms with Gasteiger partial charge in [-0.1, -0.05) is 87.8 Å². The maximum absolute atomic E-state index is 13.2. The molecule has 6 aromatic rings. The summed E-state index contributed by atoms with van der Waals surface area (Å²) >= 11 is 5.69. The van der Waals surface area contributed by atoms with Gasteiger partial charge >= 0.3 is 0 Å². The quantitative estimate of drug-likeness (QED) is 0.122. The zero-order valence-corrected chi connectivity index (χ0v) is 30.7. The van der Waals surface area contributed by atoms with E-state index in [1.807, 2.05) is 36.4 Å². The minimum Gasteiger partial charge on any atom is -0.309 e. The maximum atomic E-state index is 13.2. The fourth-order valence-corrected chi connectivity index (χ4v) is 5.36. The van der Waals surface area contributed by atoms with Crippen molar-refractivity contribution < 1.29 is 18.4 Å². The number of hydrogen-bond donors (Lipinski definition) is 2. The van der Waals surface area contributed by atoms with E-state index in [9.17, 15) is 18.4 Å². The van der Waals surface area contributed by atoms with Gasteiger partial charge in [-0.2, -0.15) is 10.2 Å². The number of benzene rings is 2. The van der Waals surface area contributed by atoms with Crippen LogP contribution in [0.4, 0.5) is 20.4 Å². The van der Waals surface area contributed by atoms with Crippen molar-refractivity contribution in [3.63, 3.8) is 0 Å². The Morgan fingerprint density at radius 2 is 1.13 bits per heavy atom. The SMILES string of the molecule is CC(C)c1ccc(CC(=O)Nc2ccn(Cc3ccc(F)c(Cl)n3)n2)cc1.CC(C)c1ccc(CC(=O)Nc2ccn(Cc3ccc(F)cn3)n2)cc1. The second-order valence-corrected chi connectivity index (χ2v) is 13.4. The van der Waals surface area contributed by atoms with Gasteiger partial charge in [0.05, 0.1) is 43.5 Å². The smallest absolute Gasteiger partial charge is 0.229 e. The summed E-state index contributed by atoms with van der Waals surface area (Å²) in [4.78, 5) is 32.4. The predicted octanol–water partition coefficient (Wildman–Crippen LogP) is 8.19. The van der Waals surface area contributed by atoms with Crippen LogP contribution in [0, 0.1) is 11.6 Å². The molecule has 2 amide bonds. The molecule has 2 aromatic carbocycles. The Balaban J connectivity index is 0.000000204. The topological polar surface area (TPSA) is 120 Å². The summed E-state index contributed by atoms with van der Waals surface area (Å²) in [6, 6.07) is 25.3. The summed E-state index contributed by atoms with van der Waals surface area (Å²) in [6.45, 7) is 9.28. The summed E-state index contributed by atoms with van der Waals surface area (Å²) in [7, 11) is 0. The molecular weight excluding hydrogens is 698 g/mol. The van der Waals surface area contributed by atoms with Gasteiger partial charge in [0.15, 0.2) is 22.6 Å². The molecule has 6 rings (SSSR count). The Morgan fingerprint density at radius 1 is 0.660 bits per heavy atom. The summed E-state index contributed by atoms with van der Waals surface area (Å²) in [6.07, 6.45) is 5.21. The molecule has 0 aliphatic heterocycles. The van der Waals surface area contributed by atoms with Gasteiger partial charge < -0.3 is 10.6 Å². The molecule has 0 atom stereocenters. The number of anilines is 2. The van der Waals surface area contributed by atoms with Crippen LogP contribution in [0.15, 0.2) is 104 Å². The normalized spacial score (nSPS) is 11.0. The van der Waals surface area contributed by atoms with Crippen LogP contribution in [0.5, 0.6) is 0 Å². The molecule has 274 valence electrons. The van der Waals surface area contributed by atoms with Gasteiger partial charge in [0.2, 0.25) is 11.8 Å². The first kappa shape index (κ1) is 38.5. The molecule has 53 heavy (non-hydrogen) atoms. The zero-order valence-electron chi connectivity index (χ0n) is 29.9. The molecular formula is C40H41ClF2N8O2. The molecule has 0 radical (unpaired) electrons. The van der Waals surface area contributed by atoms with Crippen LogP contribution < -0.4 is 10.6 Å². The highest BCUT2D eigenvalue weighted by Crippen LogP contribution is 2.17. The average molecular weight is 739 g/mol. The average Bonchev–Trinajstić information content (AvgIpc) is 3.76. The van der Waals surface area contributed by atoms with E-state index in [0.29, 0.717) is 54.4 Å². The van der Waals surface area contributed by atoms with Crippen LogP contribution in [-0.2, 0) is 35.5 Å². The van der Waals surface area contributed by atoms with Crippen LogP contribution in [0.3, 0.4) is 0 Å². The molecule has 0 spiro atoms. The van der Waals surface area contributed by atoms with Crippen molar-refractivity contribution in [3.8, 4) is 0 Å². The molecule has 0 fully saturated rings. The van der Waals surface area contributed by atoms with Gasteiger partial charge in [-0.25, -0.2) is 13.8 Å². The number of nitrogens with zero attached hydrogens (tertiary/aromatic N) is 6. The van der Waals surface area contributed by atoms with E-state index < -0.39 is 5.82 Å². The molecule has 2 N–H and O–H groups in total. The second-order valence-electron chi connectivity index (χ2n) is 13.1. The molecule has 0 bridgehead atoms. The third-order valence-corrected chi connectivity index (χ3v) is 8.40. The summed E-state index contributed by atoms with van der Waals surface area (Å²) in [5.74, 6) is 0.675. The maximum Gasteiger partial charge on any atom is 0.229 e. The first-order valence-electron chi connectivity index (χ1n) is 17.2. The van der Waals surface area contributed by atoms with Crippen molar-refractivity contribution in [2.75, 3.05) is 10.6 Å². The Bertz CT molecular complexity index is 2110. The van der Waals surface area contributed by atoms with Gasteiger partial charge in [-0.05, 0) is 58.4 Å². The summed E-state index contributed by atoms with van der Waals surface area (Å²) in [5, 5.41) is 14.0. The van der Waals surface area contributed by atoms with E-state index in [1.54, 1.807) is 46.0 Å². The third-order valence-electron chi connectivity index (χ3n) is 8.14. The monoisotopic (exact) mass is 738 g/mol. The van der Waals surface area contributed by atoms with Crippen molar-refractivity contribution >= 4 is 35.1 Å². The lowest BCUT2D eigenvalue weighted by molar-refractivity contribution is -0.116. The second kappa shape index (κ2) is 18.1. The number of rotatable bonds is 12. The molecule has 0 aliphatic carbocycles. The van der Waals surface area contributed by atoms with E-state index in [4.69, 9.17) is 11.6 Å². The first-order valence-corrected chi connectivity index (χ1v) is 17.5. The Morgan fingerprint density at radius 3 is 1.57 bits per heavy atom. The highest BCUT2D eigenvalue weighted by molar-refractivity contribution is 6.29. The van der Waals surface area contributed by atoms with E-state index in [0.717, 1.165) is 11.1 Å². The van der Waals surface area contributed by atoms with E-state index in [1.165, 1.54) is 29.5 Å². The molecule has 0 saturated heterocycles. The van der Waals surface area contributed by atoms with E-state index in [-0.39, 0.29) is 29.2 Å². The van der Waals surface area contributed by atoms with Crippen molar-refractivity contribution in [1.82, 2.24) is 29.5 Å². The number of pyridine rings is 2. The molecule has 0 aliphatic rings. The summed E-state index contributed by atoms with van der Waals surface area (Å²) < 4.78 is 29.3. The Kier molecular flexibility index (Phi) is 13.2. The number of carbonyl (C=O) groups is 2. The van der Waals surface area contributed by atoms with Crippen LogP contribution >= 0.6 is 11.6 Å². The molecule has 0 unspecified atom stereocenters. The summed E-state index contributed by atoms with van der Waals surface area (Å²) in [5.41, 5.74) is 5.67. The molecule has 13 heteroatoms. The molecule has 4 aromatic heterocycles. The van der Waals surface area contributed by atoms with Gasteiger partial charge in [0.1, 0.15) is 5.82 Å². The number of amides is 2. The van der Waals surface area contributed by atoms with Crippen LogP contribution in [0.1, 0.15) is 73.2 Å². The van der Waals surface area contributed by atoms with Crippen molar-refractivity contribution in [1.29, 1.82) is 0 Å². The number of nitrogens with one attached hydrogen (secondary N) is 2. The number of aromatic nitrogens is 6. The highest BCUT2D eigenvalue weighted by atomic mass is 35.5. The van der Waals surface area contributed by atoms with Gasteiger partial charge in [-0.15, -0.1) is 0 Å². The molecule has 10 nitrogen and oxygen atoms in total. The largest absolute Gasteiger partial charge is 0.309 e. The minimum atomic E-state index is -0.560. The van der Waals surface area contributed by atoms with E-state index in [2.05, 4.69) is 70.6 Å². The minimum absolute atomic E-state index is 0.118. The fraction of sp³-hybridized carbons (Fsp3) is 0.250. The fourth-order valence-electron chi connectivity index (χ4n) is 5.19. The Labute approximate surface area is 312 Å². The standard InChI is InChI=1S/C20H20ClFN4O.C20H21FN4O/c1-13(2)15-5-3-14(4-6-15)11-19(27)24-18-9-10-26(25-18)12-16-7-8-17(22)20(21)23-16;1-14(2)16-5-3-15(4-6-16)11-20(26)23-19-9-10-25(24-19)13-18-8-7-17(21)12-22-18/h3-10,13H,11-12H2,1-2H3,(H,24,25,27);3-10,12,14H,11,13H2,1-2H3,(H,23,24,26). The predicted molar refractivity (Wildman–Crippen MR) is 202 cm³/mol. The Hall–Kier alpha value is -5.75. The van der Waals surface area contributed by atoms with Gasteiger partial charge in [0.25, 0.3) is 0 Å². The van der Waals surface area contributed by atoms with Crippen molar-refractivity contribution in [2.24, 2.45) is 0 Å². The third kappa shape index (κ3) is 11.9. The van der Waals surface area contributed by atoms with Crippen molar-refractivity contribution in [3.05, 3.63) is 154 Å². The lowest BCUT2D eigenvalue weighted by Gasteiger charge is -2.07. The van der Waals surface area contributed by atoms with Crippen LogP contribution in [-0.4, -0.2) is 41.3 Å². The molecule has 0 saturated carbocycles. The van der Waals surface area contributed by atoms with E-state index >= 15 is 0 Å². The van der Waals surface area contributed by atoms with Gasteiger partial charge in [-0.3, -0.25) is 23.9 Å². The van der Waals surface area contributed by atoms with Crippen LogP contribution in [0.25, 0.3) is 0 Å².